The highest BCUT2D eigenvalue weighted by molar-refractivity contribution is 6.00. The summed E-state index contributed by atoms with van der Waals surface area (Å²) in [5.41, 5.74) is 1.53. The van der Waals surface area contributed by atoms with Gasteiger partial charge in [0.25, 0.3) is 5.91 Å². The summed E-state index contributed by atoms with van der Waals surface area (Å²) in [7, 11) is 4.70. The Kier molecular flexibility index (Phi) is 5.03. The molecule has 7 heteroatoms. The summed E-state index contributed by atoms with van der Waals surface area (Å²) in [6.45, 7) is 1.75. The lowest BCUT2D eigenvalue weighted by atomic mass is 10.1. The minimum absolute atomic E-state index is 0.288. The third kappa shape index (κ3) is 3.45. The van der Waals surface area contributed by atoms with E-state index in [0.29, 0.717) is 28.3 Å². The van der Waals surface area contributed by atoms with Gasteiger partial charge in [-0.15, -0.1) is 0 Å². The monoisotopic (exact) mass is 374 g/mol. The SMILES string of the molecule is COc1cc(OC)c2[nH]c(C(=O)N(C)C(C)c3ccc(F)c(F)c3)cc2c1. The molecule has 1 unspecified atom stereocenters. The molecule has 1 aromatic heterocycles. The smallest absolute Gasteiger partial charge is 0.270 e. The van der Waals surface area contributed by atoms with Gasteiger partial charge in [0.1, 0.15) is 17.2 Å². The van der Waals surface area contributed by atoms with E-state index in [-0.39, 0.29) is 5.91 Å². The zero-order chi connectivity index (χ0) is 19.7. The summed E-state index contributed by atoms with van der Waals surface area (Å²) in [5.74, 6) is -0.982. The summed E-state index contributed by atoms with van der Waals surface area (Å²) < 4.78 is 37.3. The van der Waals surface area contributed by atoms with E-state index in [0.717, 1.165) is 17.5 Å². The van der Waals surface area contributed by atoms with Crippen LogP contribution in [0.1, 0.15) is 29.0 Å². The molecule has 142 valence electrons. The number of benzene rings is 2. The number of ether oxygens (including phenoxy) is 2. The first kappa shape index (κ1) is 18.7. The Bertz CT molecular complexity index is 1000. The van der Waals surface area contributed by atoms with Gasteiger partial charge in [0, 0.05) is 18.5 Å². The molecule has 3 rings (SSSR count). The number of carbonyl (C=O) groups excluding carboxylic acids is 1. The fourth-order valence-electron chi connectivity index (χ4n) is 2.94. The highest BCUT2D eigenvalue weighted by Crippen LogP contribution is 2.32. The first-order valence-corrected chi connectivity index (χ1v) is 8.32. The number of amides is 1. The van der Waals surface area contributed by atoms with Crippen molar-refractivity contribution in [3.63, 3.8) is 0 Å². The maximum atomic E-state index is 13.5. The summed E-state index contributed by atoms with van der Waals surface area (Å²) in [6, 6.07) is 8.39. The molecule has 0 aliphatic heterocycles. The summed E-state index contributed by atoms with van der Waals surface area (Å²) in [6.07, 6.45) is 0. The van der Waals surface area contributed by atoms with Gasteiger partial charge in [0.2, 0.25) is 0 Å². The molecule has 0 radical (unpaired) electrons. The van der Waals surface area contributed by atoms with E-state index in [1.807, 2.05) is 0 Å². The standard InChI is InChI=1S/C20H20F2N2O3/c1-11(12-5-6-15(21)16(22)8-12)24(2)20(25)17-9-13-7-14(26-3)10-18(27-4)19(13)23-17/h5-11,23H,1-4H3. The molecule has 0 aliphatic carbocycles. The van der Waals surface area contributed by atoms with Crippen LogP contribution in [0.15, 0.2) is 36.4 Å². The van der Waals surface area contributed by atoms with E-state index in [1.54, 1.807) is 39.3 Å². The summed E-state index contributed by atoms with van der Waals surface area (Å²) >= 11 is 0. The minimum atomic E-state index is -0.942. The average molecular weight is 374 g/mol. The number of aromatic nitrogens is 1. The number of hydrogen-bond acceptors (Lipinski definition) is 3. The van der Waals surface area contributed by atoms with E-state index < -0.39 is 17.7 Å². The lowest BCUT2D eigenvalue weighted by Gasteiger charge is -2.25. The number of halogens is 2. The number of fused-ring (bicyclic) bond motifs is 1. The molecule has 0 bridgehead atoms. The lowest BCUT2D eigenvalue weighted by Crippen LogP contribution is -2.30. The Morgan fingerprint density at radius 2 is 1.81 bits per heavy atom. The van der Waals surface area contributed by atoms with Crippen LogP contribution in [0.25, 0.3) is 10.9 Å². The fraction of sp³-hybridized carbons (Fsp3) is 0.250. The number of carbonyl (C=O) groups is 1. The molecule has 3 aromatic rings. The third-order valence-electron chi connectivity index (χ3n) is 4.68. The number of nitrogens with one attached hydrogen (secondary N) is 1. The van der Waals surface area contributed by atoms with Crippen LogP contribution >= 0.6 is 0 Å². The number of nitrogens with zero attached hydrogens (tertiary/aromatic N) is 1. The van der Waals surface area contributed by atoms with Gasteiger partial charge in [-0.05, 0) is 36.8 Å². The Hall–Kier alpha value is -3.09. The molecule has 0 aliphatic rings. The Morgan fingerprint density at radius 3 is 2.44 bits per heavy atom. The zero-order valence-corrected chi connectivity index (χ0v) is 15.5. The van der Waals surface area contributed by atoms with Crippen LogP contribution in [0, 0.1) is 11.6 Å². The molecular formula is C20H20F2N2O3. The number of H-pyrrole nitrogens is 1. The van der Waals surface area contributed by atoms with Crippen molar-refractivity contribution in [2.45, 2.75) is 13.0 Å². The van der Waals surface area contributed by atoms with Crippen molar-refractivity contribution >= 4 is 16.8 Å². The van der Waals surface area contributed by atoms with Crippen LogP contribution < -0.4 is 9.47 Å². The molecule has 1 atom stereocenters. The van der Waals surface area contributed by atoms with Gasteiger partial charge in [-0.25, -0.2) is 8.78 Å². The Balaban J connectivity index is 1.93. The van der Waals surface area contributed by atoms with E-state index in [2.05, 4.69) is 4.98 Å². The molecule has 0 spiro atoms. The van der Waals surface area contributed by atoms with Crippen molar-refractivity contribution in [3.05, 3.63) is 59.3 Å². The topological polar surface area (TPSA) is 54.6 Å². The van der Waals surface area contributed by atoms with E-state index in [4.69, 9.17) is 9.47 Å². The number of hydrogen-bond donors (Lipinski definition) is 1. The molecule has 1 heterocycles. The molecule has 27 heavy (non-hydrogen) atoms. The van der Waals surface area contributed by atoms with Gasteiger partial charge >= 0.3 is 0 Å². The summed E-state index contributed by atoms with van der Waals surface area (Å²) in [5, 5.41) is 0.767. The van der Waals surface area contributed by atoms with Gasteiger partial charge in [0.05, 0.1) is 25.8 Å². The van der Waals surface area contributed by atoms with E-state index >= 15 is 0 Å². The molecular weight excluding hydrogens is 354 g/mol. The predicted octanol–water partition coefficient (Wildman–Crippen LogP) is 4.30. The van der Waals surface area contributed by atoms with Crippen LogP contribution in [-0.4, -0.2) is 37.1 Å². The first-order chi connectivity index (χ1) is 12.8. The number of methoxy groups -OCH3 is 2. The van der Waals surface area contributed by atoms with Crippen molar-refractivity contribution < 1.29 is 23.0 Å². The van der Waals surface area contributed by atoms with Crippen LogP contribution in [-0.2, 0) is 0 Å². The summed E-state index contributed by atoms with van der Waals surface area (Å²) in [4.78, 5) is 17.4. The van der Waals surface area contributed by atoms with Crippen molar-refractivity contribution in [1.29, 1.82) is 0 Å². The Labute approximate surface area is 155 Å². The highest BCUT2D eigenvalue weighted by atomic mass is 19.2. The lowest BCUT2D eigenvalue weighted by molar-refractivity contribution is 0.0737. The van der Waals surface area contributed by atoms with Gasteiger partial charge < -0.3 is 19.4 Å². The molecule has 1 amide bonds. The molecule has 0 saturated carbocycles. The van der Waals surface area contributed by atoms with Crippen LogP contribution in [0.3, 0.4) is 0 Å². The van der Waals surface area contributed by atoms with Crippen molar-refractivity contribution in [3.8, 4) is 11.5 Å². The van der Waals surface area contributed by atoms with Crippen LogP contribution in [0.2, 0.25) is 0 Å². The number of aromatic amines is 1. The minimum Gasteiger partial charge on any atom is -0.497 e. The highest BCUT2D eigenvalue weighted by Gasteiger charge is 2.22. The van der Waals surface area contributed by atoms with Crippen molar-refractivity contribution in [2.75, 3.05) is 21.3 Å². The molecule has 5 nitrogen and oxygen atoms in total. The zero-order valence-electron chi connectivity index (χ0n) is 15.5. The maximum absolute atomic E-state index is 13.5. The van der Waals surface area contributed by atoms with E-state index in [9.17, 15) is 13.6 Å². The molecule has 0 fully saturated rings. The molecule has 1 N–H and O–H groups in total. The average Bonchev–Trinajstić information content (AvgIpc) is 3.11. The van der Waals surface area contributed by atoms with Crippen molar-refractivity contribution in [2.24, 2.45) is 0 Å². The van der Waals surface area contributed by atoms with Crippen molar-refractivity contribution in [1.82, 2.24) is 9.88 Å². The molecule has 0 saturated heterocycles. The van der Waals surface area contributed by atoms with Gasteiger partial charge in [-0.3, -0.25) is 4.79 Å². The second kappa shape index (κ2) is 7.26. The van der Waals surface area contributed by atoms with E-state index in [1.165, 1.54) is 18.1 Å². The second-order valence-corrected chi connectivity index (χ2v) is 6.24. The molecule has 2 aromatic carbocycles. The maximum Gasteiger partial charge on any atom is 0.270 e. The number of rotatable bonds is 5. The van der Waals surface area contributed by atoms with Gasteiger partial charge in [-0.2, -0.15) is 0 Å². The quantitative estimate of drug-likeness (QED) is 0.725. The first-order valence-electron chi connectivity index (χ1n) is 8.32. The van der Waals surface area contributed by atoms with Gasteiger partial charge in [0.15, 0.2) is 11.6 Å². The van der Waals surface area contributed by atoms with Gasteiger partial charge in [-0.1, -0.05) is 6.07 Å². The normalized spacial score (nSPS) is 12.1. The second-order valence-electron chi connectivity index (χ2n) is 6.24. The largest absolute Gasteiger partial charge is 0.497 e. The third-order valence-corrected chi connectivity index (χ3v) is 4.68. The van der Waals surface area contributed by atoms with Crippen LogP contribution in [0.5, 0.6) is 11.5 Å². The predicted molar refractivity (Wildman–Crippen MR) is 98.3 cm³/mol. The Morgan fingerprint density at radius 1 is 1.07 bits per heavy atom. The van der Waals surface area contributed by atoms with Crippen LogP contribution in [0.4, 0.5) is 8.78 Å². The fourth-order valence-corrected chi connectivity index (χ4v) is 2.94.